The van der Waals surface area contributed by atoms with Gasteiger partial charge in [0.2, 0.25) is 0 Å². The van der Waals surface area contributed by atoms with Gasteiger partial charge in [-0.15, -0.1) is 11.3 Å². The second-order valence-corrected chi connectivity index (χ2v) is 6.47. The van der Waals surface area contributed by atoms with Gasteiger partial charge in [0.15, 0.2) is 0 Å². The lowest BCUT2D eigenvalue weighted by Crippen LogP contribution is -2.39. The Kier molecular flexibility index (Phi) is 4.63. The molecule has 5 heteroatoms. The Morgan fingerprint density at radius 1 is 1.36 bits per heavy atom. The minimum Gasteiger partial charge on any atom is -0.489 e. The number of hydrogen-bond donors (Lipinski definition) is 1. The molecule has 116 valence electrons. The summed E-state index contributed by atoms with van der Waals surface area (Å²) >= 11 is 1.68. The molecule has 0 bridgehead atoms. The van der Waals surface area contributed by atoms with Crippen molar-refractivity contribution < 1.29 is 9.53 Å². The van der Waals surface area contributed by atoms with Gasteiger partial charge in [0.25, 0.3) is 0 Å². The number of benzene rings is 1. The molecule has 1 aromatic carbocycles. The lowest BCUT2D eigenvalue weighted by atomic mass is 10.3. The van der Waals surface area contributed by atoms with Crippen molar-refractivity contribution in [2.75, 3.05) is 13.1 Å². The number of nitrogens with one attached hydrogen (secondary N) is 1. The fourth-order valence-corrected chi connectivity index (χ4v) is 3.40. The predicted octanol–water partition coefficient (Wildman–Crippen LogP) is 3.42. The molecule has 2 aromatic rings. The molecule has 1 aliphatic heterocycles. The van der Waals surface area contributed by atoms with Crippen LogP contribution in [0.2, 0.25) is 0 Å². The molecule has 2 amide bonds. The molecule has 0 aliphatic carbocycles. The molecule has 22 heavy (non-hydrogen) atoms. The van der Waals surface area contributed by atoms with Crippen LogP contribution in [0.4, 0.5) is 4.79 Å². The molecule has 0 radical (unpaired) electrons. The average molecular weight is 316 g/mol. The highest BCUT2D eigenvalue weighted by molar-refractivity contribution is 7.10. The zero-order valence-electron chi connectivity index (χ0n) is 12.6. The number of carbonyl (C=O) groups excluding carboxylic acids is 1. The van der Waals surface area contributed by atoms with Crippen LogP contribution in [0.3, 0.4) is 0 Å². The van der Waals surface area contributed by atoms with Gasteiger partial charge in [0, 0.05) is 17.8 Å². The number of carbonyl (C=O) groups is 1. The summed E-state index contributed by atoms with van der Waals surface area (Å²) in [5.74, 6) is 0.865. The number of nitrogens with zero attached hydrogens (tertiary/aromatic N) is 1. The lowest BCUT2D eigenvalue weighted by Gasteiger charge is -2.18. The van der Waals surface area contributed by atoms with Gasteiger partial charge in [-0.2, -0.15) is 0 Å². The number of aryl methyl sites for hydroxylation is 1. The van der Waals surface area contributed by atoms with Crippen molar-refractivity contribution in [3.8, 4) is 5.75 Å². The van der Waals surface area contributed by atoms with Crippen LogP contribution >= 0.6 is 11.3 Å². The van der Waals surface area contributed by atoms with E-state index in [-0.39, 0.29) is 12.1 Å². The minimum absolute atomic E-state index is 0.00744. The zero-order chi connectivity index (χ0) is 15.4. The number of ether oxygens (including phenoxy) is 1. The van der Waals surface area contributed by atoms with Crippen LogP contribution < -0.4 is 10.1 Å². The van der Waals surface area contributed by atoms with E-state index in [0.717, 1.165) is 18.7 Å². The molecule has 1 aromatic heterocycles. The molecular weight excluding hydrogens is 296 g/mol. The Bertz CT molecular complexity index is 627. The van der Waals surface area contributed by atoms with Crippen molar-refractivity contribution in [3.05, 3.63) is 52.2 Å². The molecule has 0 saturated carbocycles. The fraction of sp³-hybridized carbons (Fsp3) is 0.353. The fourth-order valence-electron chi connectivity index (χ4n) is 2.55. The maximum Gasteiger partial charge on any atom is 0.317 e. The summed E-state index contributed by atoms with van der Waals surface area (Å²) in [6.07, 6.45) is 0.956. The van der Waals surface area contributed by atoms with E-state index in [9.17, 15) is 4.79 Å². The van der Waals surface area contributed by atoms with E-state index in [1.165, 1.54) is 10.4 Å². The van der Waals surface area contributed by atoms with Crippen molar-refractivity contribution in [1.29, 1.82) is 0 Å². The monoisotopic (exact) mass is 316 g/mol. The van der Waals surface area contributed by atoms with E-state index >= 15 is 0 Å². The first-order valence-corrected chi connectivity index (χ1v) is 8.38. The third-order valence-electron chi connectivity index (χ3n) is 3.85. The standard InChI is InChI=1S/C17H20N2O2S/c1-13-8-10-22-16(13)11-18-17(20)19-9-7-15(12-19)21-14-5-3-2-4-6-14/h2-6,8,10,15H,7,9,11-12H2,1H3,(H,18,20)/t15-/m0/s1. The molecule has 1 saturated heterocycles. The molecule has 0 spiro atoms. The SMILES string of the molecule is Cc1ccsc1CNC(=O)N1CC[C@H](Oc2ccccc2)C1. The van der Waals surface area contributed by atoms with Gasteiger partial charge in [-0.25, -0.2) is 4.79 Å². The third kappa shape index (κ3) is 3.60. The van der Waals surface area contributed by atoms with Crippen molar-refractivity contribution >= 4 is 17.4 Å². The number of urea groups is 1. The number of para-hydroxylation sites is 1. The lowest BCUT2D eigenvalue weighted by molar-refractivity contribution is 0.186. The van der Waals surface area contributed by atoms with Crippen LogP contribution in [0.15, 0.2) is 41.8 Å². The van der Waals surface area contributed by atoms with E-state index in [2.05, 4.69) is 23.7 Å². The number of rotatable bonds is 4. The van der Waals surface area contributed by atoms with Gasteiger partial charge >= 0.3 is 6.03 Å². The zero-order valence-corrected chi connectivity index (χ0v) is 13.4. The number of amides is 2. The first-order valence-electron chi connectivity index (χ1n) is 7.50. The maximum absolute atomic E-state index is 12.2. The summed E-state index contributed by atoms with van der Waals surface area (Å²) in [7, 11) is 0. The van der Waals surface area contributed by atoms with E-state index in [1.54, 1.807) is 11.3 Å². The van der Waals surface area contributed by atoms with Crippen LogP contribution in [-0.4, -0.2) is 30.1 Å². The Balaban J connectivity index is 1.47. The summed E-state index contributed by atoms with van der Waals surface area (Å²) in [5.41, 5.74) is 1.23. The second kappa shape index (κ2) is 6.83. The van der Waals surface area contributed by atoms with Crippen LogP contribution in [-0.2, 0) is 6.54 Å². The molecule has 4 nitrogen and oxygen atoms in total. The highest BCUT2D eigenvalue weighted by Gasteiger charge is 2.27. The minimum atomic E-state index is -0.00744. The van der Waals surface area contributed by atoms with Gasteiger partial charge in [0.05, 0.1) is 13.1 Å². The quantitative estimate of drug-likeness (QED) is 0.939. The van der Waals surface area contributed by atoms with E-state index in [1.807, 2.05) is 35.2 Å². The molecule has 3 rings (SSSR count). The second-order valence-electron chi connectivity index (χ2n) is 5.47. The first-order chi connectivity index (χ1) is 10.7. The van der Waals surface area contributed by atoms with Gasteiger partial charge in [-0.1, -0.05) is 18.2 Å². The van der Waals surface area contributed by atoms with Gasteiger partial charge < -0.3 is 15.0 Å². The Labute approximate surface area is 134 Å². The number of hydrogen-bond acceptors (Lipinski definition) is 3. The first kappa shape index (κ1) is 14.9. The summed E-state index contributed by atoms with van der Waals surface area (Å²) in [6.45, 7) is 4.05. The summed E-state index contributed by atoms with van der Waals surface area (Å²) < 4.78 is 5.91. The van der Waals surface area contributed by atoms with Crippen molar-refractivity contribution in [2.24, 2.45) is 0 Å². The van der Waals surface area contributed by atoms with Gasteiger partial charge in [-0.05, 0) is 36.1 Å². The van der Waals surface area contributed by atoms with Gasteiger partial charge in [-0.3, -0.25) is 0 Å². The highest BCUT2D eigenvalue weighted by atomic mass is 32.1. The third-order valence-corrected chi connectivity index (χ3v) is 4.87. The Morgan fingerprint density at radius 2 is 2.18 bits per heavy atom. The summed E-state index contributed by atoms with van der Waals surface area (Å²) in [4.78, 5) is 15.3. The van der Waals surface area contributed by atoms with E-state index < -0.39 is 0 Å². The molecule has 2 heterocycles. The normalized spacial score (nSPS) is 17.5. The average Bonchev–Trinajstić information content (AvgIpc) is 3.15. The van der Waals surface area contributed by atoms with Crippen LogP contribution in [0.1, 0.15) is 16.9 Å². The Hall–Kier alpha value is -2.01. The van der Waals surface area contributed by atoms with Gasteiger partial charge in [0.1, 0.15) is 11.9 Å². The van der Waals surface area contributed by atoms with E-state index in [0.29, 0.717) is 13.1 Å². The Morgan fingerprint density at radius 3 is 2.91 bits per heavy atom. The molecule has 1 aliphatic rings. The molecular formula is C17H20N2O2S. The van der Waals surface area contributed by atoms with Crippen LogP contribution in [0, 0.1) is 6.92 Å². The predicted molar refractivity (Wildman–Crippen MR) is 88.3 cm³/mol. The molecule has 0 unspecified atom stereocenters. The summed E-state index contributed by atoms with van der Waals surface area (Å²) in [6, 6.07) is 11.8. The van der Waals surface area contributed by atoms with Crippen LogP contribution in [0.25, 0.3) is 0 Å². The van der Waals surface area contributed by atoms with Crippen molar-refractivity contribution in [1.82, 2.24) is 10.2 Å². The molecule has 1 fully saturated rings. The summed E-state index contributed by atoms with van der Waals surface area (Å²) in [5, 5.41) is 5.05. The molecule has 1 atom stereocenters. The van der Waals surface area contributed by atoms with E-state index in [4.69, 9.17) is 4.74 Å². The topological polar surface area (TPSA) is 41.6 Å². The van der Waals surface area contributed by atoms with Crippen LogP contribution in [0.5, 0.6) is 5.75 Å². The van der Waals surface area contributed by atoms with Crippen molar-refractivity contribution in [2.45, 2.75) is 26.0 Å². The largest absolute Gasteiger partial charge is 0.489 e. The molecule has 1 N–H and O–H groups in total. The number of thiophene rings is 1. The smallest absolute Gasteiger partial charge is 0.317 e. The van der Waals surface area contributed by atoms with Crippen molar-refractivity contribution in [3.63, 3.8) is 0 Å². The highest BCUT2D eigenvalue weighted by Crippen LogP contribution is 2.19. The maximum atomic E-state index is 12.2. The number of likely N-dealkylation sites (tertiary alicyclic amines) is 1.